The van der Waals surface area contributed by atoms with Gasteiger partial charge in [-0.1, -0.05) is 64.4 Å². The lowest BCUT2D eigenvalue weighted by Gasteiger charge is -2.26. The molecule has 0 amide bonds. The van der Waals surface area contributed by atoms with Crippen molar-refractivity contribution in [3.8, 4) is 0 Å². The molecule has 1 heteroatoms. The fourth-order valence-corrected chi connectivity index (χ4v) is 2.22. The predicted octanol–water partition coefficient (Wildman–Crippen LogP) is 3.99. The topological polar surface area (TPSA) is 12.0 Å². The molecule has 0 aliphatic carbocycles. The molecule has 0 aliphatic heterocycles. The first-order valence-electron chi connectivity index (χ1n) is 6.82. The second kappa shape index (κ2) is 6.80. The molecule has 1 aromatic carbocycles. The number of nitrogens with one attached hydrogen (secondary N) is 1. The second-order valence-electron chi connectivity index (χ2n) is 5.77. The van der Waals surface area contributed by atoms with E-state index in [0.717, 1.165) is 19.0 Å². The third kappa shape index (κ3) is 4.91. The van der Waals surface area contributed by atoms with E-state index in [2.05, 4.69) is 63.3 Å². The fourth-order valence-electron chi connectivity index (χ4n) is 2.22. The van der Waals surface area contributed by atoms with Crippen LogP contribution in [0.25, 0.3) is 0 Å². The molecule has 1 atom stereocenters. The molecule has 1 N–H and O–H groups in total. The molecule has 0 bridgehead atoms. The summed E-state index contributed by atoms with van der Waals surface area (Å²) in [5.41, 5.74) is 1.63. The van der Waals surface area contributed by atoms with Crippen LogP contribution in [0.1, 0.15) is 46.1 Å². The van der Waals surface area contributed by atoms with Gasteiger partial charge in [0.25, 0.3) is 0 Å². The van der Waals surface area contributed by atoms with Crippen LogP contribution >= 0.6 is 0 Å². The van der Waals surface area contributed by atoms with Crippen LogP contribution < -0.4 is 5.32 Å². The highest BCUT2D eigenvalue weighted by Gasteiger charge is 2.19. The van der Waals surface area contributed by atoms with Crippen LogP contribution in [0.15, 0.2) is 30.3 Å². The van der Waals surface area contributed by atoms with Crippen molar-refractivity contribution in [2.45, 2.75) is 46.0 Å². The van der Waals surface area contributed by atoms with Gasteiger partial charge in [0, 0.05) is 12.0 Å². The van der Waals surface area contributed by atoms with E-state index in [-0.39, 0.29) is 5.41 Å². The summed E-state index contributed by atoms with van der Waals surface area (Å²) in [5, 5.41) is 3.61. The minimum atomic E-state index is 0.215. The third-order valence-electron chi connectivity index (χ3n) is 3.40. The van der Waals surface area contributed by atoms with Gasteiger partial charge in [-0.25, -0.2) is 0 Å². The smallest absolute Gasteiger partial charge is 0.00432 e. The Morgan fingerprint density at radius 3 is 2.41 bits per heavy atom. The van der Waals surface area contributed by atoms with Gasteiger partial charge >= 0.3 is 0 Å². The Balaban J connectivity index is 2.40. The van der Waals surface area contributed by atoms with E-state index in [1.807, 2.05) is 0 Å². The molecule has 96 valence electrons. The highest BCUT2D eigenvalue weighted by molar-refractivity contribution is 5.23. The van der Waals surface area contributed by atoms with Gasteiger partial charge in [0.15, 0.2) is 0 Å². The van der Waals surface area contributed by atoms with Gasteiger partial charge in [-0.05, 0) is 24.4 Å². The van der Waals surface area contributed by atoms with Crippen molar-refractivity contribution in [2.75, 3.05) is 13.1 Å². The van der Waals surface area contributed by atoms with Crippen LogP contribution in [0.2, 0.25) is 0 Å². The average molecular weight is 233 g/mol. The molecule has 0 saturated heterocycles. The largest absolute Gasteiger partial charge is 0.316 e. The summed E-state index contributed by atoms with van der Waals surface area (Å²) in [7, 11) is 0. The van der Waals surface area contributed by atoms with Crippen LogP contribution in [-0.2, 0) is 5.41 Å². The number of hydrogen-bond acceptors (Lipinski definition) is 1. The van der Waals surface area contributed by atoms with Crippen LogP contribution in [0.4, 0.5) is 0 Å². The lowest BCUT2D eigenvalue weighted by atomic mass is 9.84. The van der Waals surface area contributed by atoms with E-state index in [0.29, 0.717) is 0 Å². The second-order valence-corrected chi connectivity index (χ2v) is 5.77. The van der Waals surface area contributed by atoms with Gasteiger partial charge in [0.1, 0.15) is 0 Å². The molecule has 0 heterocycles. The van der Waals surface area contributed by atoms with E-state index in [1.165, 1.54) is 18.4 Å². The van der Waals surface area contributed by atoms with E-state index >= 15 is 0 Å². The van der Waals surface area contributed by atoms with Gasteiger partial charge in [-0.3, -0.25) is 0 Å². The van der Waals surface area contributed by atoms with Crippen molar-refractivity contribution < 1.29 is 0 Å². The Morgan fingerprint density at radius 2 is 1.82 bits per heavy atom. The summed E-state index contributed by atoms with van der Waals surface area (Å²) in [6.45, 7) is 11.4. The molecule has 0 spiro atoms. The molecular weight excluding hydrogens is 206 g/mol. The van der Waals surface area contributed by atoms with Crippen molar-refractivity contribution in [3.63, 3.8) is 0 Å². The molecule has 0 aromatic heterocycles. The van der Waals surface area contributed by atoms with Crippen molar-refractivity contribution in [2.24, 2.45) is 5.92 Å². The maximum Gasteiger partial charge on any atom is 0.00432 e. The number of rotatable bonds is 7. The quantitative estimate of drug-likeness (QED) is 0.751. The van der Waals surface area contributed by atoms with E-state index in [9.17, 15) is 0 Å². The van der Waals surface area contributed by atoms with Gasteiger partial charge in [0.05, 0.1) is 0 Å². The lowest BCUT2D eigenvalue weighted by molar-refractivity contribution is 0.417. The minimum absolute atomic E-state index is 0.215. The molecule has 1 unspecified atom stereocenters. The third-order valence-corrected chi connectivity index (χ3v) is 3.40. The van der Waals surface area contributed by atoms with Gasteiger partial charge < -0.3 is 5.32 Å². The van der Waals surface area contributed by atoms with Crippen LogP contribution in [-0.4, -0.2) is 13.1 Å². The lowest BCUT2D eigenvalue weighted by Crippen LogP contribution is -2.35. The van der Waals surface area contributed by atoms with Crippen molar-refractivity contribution in [1.82, 2.24) is 5.32 Å². The van der Waals surface area contributed by atoms with Crippen molar-refractivity contribution in [1.29, 1.82) is 0 Å². The average Bonchev–Trinajstić information content (AvgIpc) is 2.30. The summed E-state index contributed by atoms with van der Waals surface area (Å²) in [4.78, 5) is 0. The molecule has 1 rings (SSSR count). The number of hydrogen-bond donors (Lipinski definition) is 1. The summed E-state index contributed by atoms with van der Waals surface area (Å²) in [6, 6.07) is 10.8. The Bertz CT molecular complexity index is 303. The Morgan fingerprint density at radius 1 is 1.18 bits per heavy atom. The SMILES string of the molecule is CCCC(C)CNCC(C)(C)c1ccccc1. The zero-order valence-electron chi connectivity index (χ0n) is 11.8. The van der Waals surface area contributed by atoms with Gasteiger partial charge in [-0.2, -0.15) is 0 Å². The fraction of sp³-hybridized carbons (Fsp3) is 0.625. The van der Waals surface area contributed by atoms with E-state index in [1.54, 1.807) is 0 Å². The normalized spacial score (nSPS) is 13.6. The summed E-state index contributed by atoms with van der Waals surface area (Å²) >= 11 is 0. The molecule has 0 fully saturated rings. The highest BCUT2D eigenvalue weighted by atomic mass is 14.9. The van der Waals surface area contributed by atoms with Gasteiger partial charge in [0.2, 0.25) is 0 Å². The van der Waals surface area contributed by atoms with Crippen LogP contribution in [0, 0.1) is 5.92 Å². The molecule has 0 saturated carbocycles. The first kappa shape index (κ1) is 14.2. The first-order valence-corrected chi connectivity index (χ1v) is 6.82. The minimum Gasteiger partial charge on any atom is -0.316 e. The van der Waals surface area contributed by atoms with E-state index in [4.69, 9.17) is 0 Å². The maximum absolute atomic E-state index is 3.61. The van der Waals surface area contributed by atoms with Crippen molar-refractivity contribution >= 4 is 0 Å². The first-order chi connectivity index (χ1) is 8.06. The molecule has 1 aromatic rings. The number of benzene rings is 1. The molecular formula is C16H27N. The van der Waals surface area contributed by atoms with Gasteiger partial charge in [-0.15, -0.1) is 0 Å². The Hall–Kier alpha value is -0.820. The molecule has 0 radical (unpaired) electrons. The summed E-state index contributed by atoms with van der Waals surface area (Å²) in [6.07, 6.45) is 2.60. The highest BCUT2D eigenvalue weighted by Crippen LogP contribution is 2.21. The molecule has 0 aliphatic rings. The van der Waals surface area contributed by atoms with Crippen LogP contribution in [0.5, 0.6) is 0 Å². The Kier molecular flexibility index (Phi) is 5.70. The predicted molar refractivity (Wildman–Crippen MR) is 76.4 cm³/mol. The zero-order valence-corrected chi connectivity index (χ0v) is 11.8. The van der Waals surface area contributed by atoms with E-state index < -0.39 is 0 Å². The summed E-state index contributed by atoms with van der Waals surface area (Å²) in [5.74, 6) is 0.784. The maximum atomic E-state index is 3.61. The summed E-state index contributed by atoms with van der Waals surface area (Å²) < 4.78 is 0. The standard InChI is InChI=1S/C16H27N/c1-5-9-14(2)12-17-13-16(3,4)15-10-7-6-8-11-15/h6-8,10-11,14,17H,5,9,12-13H2,1-4H3. The molecule has 1 nitrogen and oxygen atoms in total. The Labute approximate surface area is 107 Å². The monoisotopic (exact) mass is 233 g/mol. The zero-order chi connectivity index (χ0) is 12.7. The van der Waals surface area contributed by atoms with Crippen molar-refractivity contribution in [3.05, 3.63) is 35.9 Å². The van der Waals surface area contributed by atoms with Crippen LogP contribution in [0.3, 0.4) is 0 Å². The molecule has 17 heavy (non-hydrogen) atoms.